The fraction of sp³-hybridized carbons (Fsp3) is 0.304. The molecule has 5 nitrogen and oxygen atoms in total. The number of hydrogen-bond donors (Lipinski definition) is 2. The van der Waals surface area contributed by atoms with Crippen molar-refractivity contribution in [2.24, 2.45) is 0 Å². The maximum Gasteiger partial charge on any atom is 0.341 e. The van der Waals surface area contributed by atoms with Gasteiger partial charge >= 0.3 is 5.97 Å². The zero-order valence-electron chi connectivity index (χ0n) is 16.9. The SMILES string of the molecule is CC(C)c1ccc2c(=O)c(C(=O)O)c(Cc3cccc(Cl)c3F)n(C(C)CO)c2c1. The molecular formula is C23H23ClFNO4. The minimum Gasteiger partial charge on any atom is -0.477 e. The number of hydrogen-bond acceptors (Lipinski definition) is 3. The summed E-state index contributed by atoms with van der Waals surface area (Å²) in [7, 11) is 0. The van der Waals surface area contributed by atoms with E-state index in [9.17, 15) is 24.2 Å². The molecule has 0 spiro atoms. The number of carboxylic acids is 1. The van der Waals surface area contributed by atoms with Crippen molar-refractivity contribution < 1.29 is 19.4 Å². The molecule has 0 bridgehead atoms. The molecule has 0 aliphatic carbocycles. The van der Waals surface area contributed by atoms with Gasteiger partial charge in [0.2, 0.25) is 5.43 Å². The van der Waals surface area contributed by atoms with Crippen LogP contribution in [0.5, 0.6) is 0 Å². The predicted octanol–water partition coefficient (Wildman–Crippen LogP) is 4.76. The van der Waals surface area contributed by atoms with E-state index in [1.807, 2.05) is 19.9 Å². The Morgan fingerprint density at radius 3 is 2.50 bits per heavy atom. The van der Waals surface area contributed by atoms with Crippen LogP contribution < -0.4 is 5.43 Å². The third-order valence-corrected chi connectivity index (χ3v) is 5.60. The molecule has 1 unspecified atom stereocenters. The van der Waals surface area contributed by atoms with Crippen molar-refractivity contribution >= 4 is 28.5 Å². The van der Waals surface area contributed by atoms with Crippen LogP contribution in [0.2, 0.25) is 5.02 Å². The fourth-order valence-corrected chi connectivity index (χ4v) is 3.87. The molecule has 2 N–H and O–H groups in total. The van der Waals surface area contributed by atoms with Gasteiger partial charge in [0.05, 0.1) is 23.2 Å². The molecule has 2 aromatic carbocycles. The lowest BCUT2D eigenvalue weighted by atomic mass is 9.97. The molecule has 0 aliphatic heterocycles. The van der Waals surface area contributed by atoms with Crippen molar-refractivity contribution in [3.63, 3.8) is 0 Å². The third kappa shape index (κ3) is 3.85. The highest BCUT2D eigenvalue weighted by molar-refractivity contribution is 6.30. The second-order valence-electron chi connectivity index (χ2n) is 7.68. The van der Waals surface area contributed by atoms with Crippen LogP contribution in [0.4, 0.5) is 4.39 Å². The number of benzene rings is 2. The number of carboxylic acid groups (broad SMARTS) is 1. The maximum atomic E-state index is 14.6. The van der Waals surface area contributed by atoms with E-state index in [0.29, 0.717) is 5.52 Å². The lowest BCUT2D eigenvalue weighted by molar-refractivity contribution is 0.0693. The Kier molecular flexibility index (Phi) is 6.29. The van der Waals surface area contributed by atoms with Gasteiger partial charge in [-0.15, -0.1) is 0 Å². The van der Waals surface area contributed by atoms with Crippen molar-refractivity contribution in [3.8, 4) is 0 Å². The largest absolute Gasteiger partial charge is 0.477 e. The normalized spacial score (nSPS) is 12.5. The first-order valence-electron chi connectivity index (χ1n) is 9.65. The number of aromatic nitrogens is 1. The highest BCUT2D eigenvalue weighted by Gasteiger charge is 2.25. The predicted molar refractivity (Wildman–Crippen MR) is 115 cm³/mol. The third-order valence-electron chi connectivity index (χ3n) is 5.31. The van der Waals surface area contributed by atoms with Crippen LogP contribution in [-0.2, 0) is 6.42 Å². The highest BCUT2D eigenvalue weighted by atomic mass is 35.5. The second kappa shape index (κ2) is 8.58. The van der Waals surface area contributed by atoms with Crippen LogP contribution >= 0.6 is 11.6 Å². The lowest BCUT2D eigenvalue weighted by Crippen LogP contribution is -2.27. The van der Waals surface area contributed by atoms with Gasteiger partial charge in [0.1, 0.15) is 11.4 Å². The number of aliphatic hydroxyl groups is 1. The first kappa shape index (κ1) is 22.0. The van der Waals surface area contributed by atoms with E-state index in [2.05, 4.69) is 0 Å². The van der Waals surface area contributed by atoms with Gasteiger partial charge in [-0.25, -0.2) is 9.18 Å². The summed E-state index contributed by atoms with van der Waals surface area (Å²) in [5, 5.41) is 19.9. The van der Waals surface area contributed by atoms with Gasteiger partial charge in [0, 0.05) is 17.5 Å². The smallest absolute Gasteiger partial charge is 0.341 e. The molecule has 0 radical (unpaired) electrons. The molecule has 1 heterocycles. The summed E-state index contributed by atoms with van der Waals surface area (Å²) in [5.41, 5.74) is 0.705. The van der Waals surface area contributed by atoms with E-state index >= 15 is 0 Å². The van der Waals surface area contributed by atoms with Gasteiger partial charge in [0.25, 0.3) is 0 Å². The summed E-state index contributed by atoms with van der Waals surface area (Å²) in [5.74, 6) is -1.89. The number of nitrogens with zero attached hydrogens (tertiary/aromatic N) is 1. The number of aromatic carboxylic acids is 1. The van der Waals surface area contributed by atoms with Crippen molar-refractivity contribution in [2.45, 2.75) is 39.2 Å². The van der Waals surface area contributed by atoms with Gasteiger partial charge in [-0.2, -0.15) is 0 Å². The zero-order chi connectivity index (χ0) is 22.2. The summed E-state index contributed by atoms with van der Waals surface area (Å²) in [6.45, 7) is 5.45. The molecule has 3 rings (SSSR count). The molecule has 0 aliphatic rings. The molecule has 0 amide bonds. The molecule has 0 saturated heterocycles. The van der Waals surface area contributed by atoms with E-state index in [0.717, 1.165) is 5.56 Å². The van der Waals surface area contributed by atoms with Gasteiger partial charge in [-0.05, 0) is 42.2 Å². The topological polar surface area (TPSA) is 79.5 Å². The molecule has 7 heteroatoms. The molecule has 3 aromatic rings. The van der Waals surface area contributed by atoms with Gasteiger partial charge in [-0.1, -0.05) is 43.6 Å². The lowest BCUT2D eigenvalue weighted by Gasteiger charge is -2.24. The number of halogens is 2. The zero-order valence-corrected chi connectivity index (χ0v) is 17.7. The van der Waals surface area contributed by atoms with Crippen molar-refractivity contribution in [1.29, 1.82) is 0 Å². The first-order chi connectivity index (χ1) is 14.2. The number of carbonyl (C=O) groups is 1. The van der Waals surface area contributed by atoms with Gasteiger partial charge in [0.15, 0.2) is 0 Å². The van der Waals surface area contributed by atoms with Crippen LogP contribution in [0.3, 0.4) is 0 Å². The number of aliphatic hydroxyl groups excluding tert-OH is 1. The Morgan fingerprint density at radius 1 is 1.20 bits per heavy atom. The van der Waals surface area contributed by atoms with E-state index in [-0.39, 0.29) is 40.6 Å². The molecule has 1 aromatic heterocycles. The molecule has 158 valence electrons. The molecular weight excluding hydrogens is 409 g/mol. The van der Waals surface area contributed by atoms with Crippen LogP contribution in [0.15, 0.2) is 41.2 Å². The molecule has 1 atom stereocenters. The average molecular weight is 432 g/mol. The summed E-state index contributed by atoms with van der Waals surface area (Å²) < 4.78 is 16.2. The van der Waals surface area contributed by atoms with Crippen LogP contribution in [0.25, 0.3) is 10.9 Å². The quantitative estimate of drug-likeness (QED) is 0.589. The average Bonchev–Trinajstić information content (AvgIpc) is 2.70. The summed E-state index contributed by atoms with van der Waals surface area (Å²) >= 11 is 5.89. The van der Waals surface area contributed by atoms with E-state index in [1.165, 1.54) is 12.1 Å². The maximum absolute atomic E-state index is 14.6. The van der Waals surface area contributed by atoms with Crippen molar-refractivity contribution in [1.82, 2.24) is 4.57 Å². The Balaban J connectivity index is 2.45. The minimum atomic E-state index is -1.40. The molecule has 0 fully saturated rings. The standard InChI is InChI=1S/C23H23ClFNO4/c1-12(2)14-7-8-16-18(9-14)26(13(3)11-27)19(20(22(16)28)23(29)30)10-15-5-4-6-17(24)21(15)25/h4-9,12-13,27H,10-11H2,1-3H3,(H,29,30). The fourth-order valence-electron chi connectivity index (χ4n) is 3.68. The summed E-state index contributed by atoms with van der Waals surface area (Å²) in [4.78, 5) is 25.2. The number of pyridine rings is 1. The van der Waals surface area contributed by atoms with Crippen LogP contribution in [0, 0.1) is 5.82 Å². The van der Waals surface area contributed by atoms with Gasteiger partial charge < -0.3 is 14.8 Å². The Bertz CT molecular complexity index is 1190. The monoisotopic (exact) mass is 431 g/mol. The molecule has 0 saturated carbocycles. The van der Waals surface area contributed by atoms with Crippen molar-refractivity contribution in [2.75, 3.05) is 6.61 Å². The Labute approximate surface area is 178 Å². The number of fused-ring (bicyclic) bond motifs is 1. The number of rotatable bonds is 6. The molecule has 30 heavy (non-hydrogen) atoms. The highest BCUT2D eigenvalue weighted by Crippen LogP contribution is 2.28. The second-order valence-corrected chi connectivity index (χ2v) is 8.09. The van der Waals surface area contributed by atoms with E-state index in [1.54, 1.807) is 29.7 Å². The van der Waals surface area contributed by atoms with Crippen molar-refractivity contribution in [3.05, 3.63) is 79.8 Å². The summed E-state index contributed by atoms with van der Waals surface area (Å²) in [6, 6.07) is 9.17. The van der Waals surface area contributed by atoms with Gasteiger partial charge in [-0.3, -0.25) is 4.79 Å². The minimum absolute atomic E-state index is 0.0867. The van der Waals surface area contributed by atoms with Crippen LogP contribution in [0.1, 0.15) is 59.9 Å². The van der Waals surface area contributed by atoms with E-state index in [4.69, 9.17) is 11.6 Å². The van der Waals surface area contributed by atoms with E-state index < -0.39 is 28.8 Å². The Morgan fingerprint density at radius 2 is 1.90 bits per heavy atom. The first-order valence-corrected chi connectivity index (χ1v) is 10.0. The Hall–Kier alpha value is -2.70. The summed E-state index contributed by atoms with van der Waals surface area (Å²) in [6.07, 6.45) is -0.157. The van der Waals surface area contributed by atoms with Crippen LogP contribution in [-0.4, -0.2) is 27.4 Å².